The minimum Gasteiger partial charge on any atom is -0.350 e. The minimum atomic E-state index is -0.675. The molecule has 7 heteroatoms. The highest BCUT2D eigenvalue weighted by atomic mass is 32.2. The van der Waals surface area contributed by atoms with Crippen LogP contribution in [0, 0.1) is 0 Å². The number of rotatable bonds is 8. The first-order valence-electron chi connectivity index (χ1n) is 10.2. The van der Waals surface area contributed by atoms with E-state index in [1.54, 1.807) is 19.1 Å². The van der Waals surface area contributed by atoms with Crippen molar-refractivity contribution in [2.45, 2.75) is 37.2 Å². The fourth-order valence-corrected chi connectivity index (χ4v) is 4.21. The van der Waals surface area contributed by atoms with Crippen LogP contribution in [-0.2, 0) is 16.1 Å². The third-order valence-electron chi connectivity index (χ3n) is 4.99. The standard InChI is InChI=1S/C23H27N3O3S/c1-17(22(28)24-15-18-9-3-2-4-10-18)25-23(29)19-11-5-6-12-20(19)30-16-21(27)26-13-7-8-14-26/h2-6,9-12,17H,7-8,13-16H2,1H3,(H,24,28)(H,25,29). The predicted octanol–water partition coefficient (Wildman–Crippen LogP) is 2.84. The van der Waals surface area contributed by atoms with Crippen molar-refractivity contribution in [3.63, 3.8) is 0 Å². The van der Waals surface area contributed by atoms with E-state index in [0.717, 1.165) is 36.4 Å². The van der Waals surface area contributed by atoms with Gasteiger partial charge in [-0.2, -0.15) is 0 Å². The van der Waals surface area contributed by atoms with E-state index in [1.165, 1.54) is 11.8 Å². The van der Waals surface area contributed by atoms with Gasteiger partial charge in [0.15, 0.2) is 0 Å². The second-order valence-corrected chi connectivity index (χ2v) is 8.29. The van der Waals surface area contributed by atoms with Crippen LogP contribution in [0.25, 0.3) is 0 Å². The molecule has 0 aromatic heterocycles. The summed E-state index contributed by atoms with van der Waals surface area (Å²) >= 11 is 1.36. The third-order valence-corrected chi connectivity index (χ3v) is 6.05. The Morgan fingerprint density at radius 1 is 1.00 bits per heavy atom. The molecule has 0 saturated carbocycles. The van der Waals surface area contributed by atoms with Crippen molar-refractivity contribution in [1.82, 2.24) is 15.5 Å². The molecule has 1 fully saturated rings. The number of hydrogen-bond donors (Lipinski definition) is 2. The first kappa shape index (κ1) is 21.9. The fourth-order valence-electron chi connectivity index (χ4n) is 3.26. The predicted molar refractivity (Wildman–Crippen MR) is 118 cm³/mol. The lowest BCUT2D eigenvalue weighted by atomic mass is 10.2. The van der Waals surface area contributed by atoms with Gasteiger partial charge in [0.05, 0.1) is 11.3 Å². The van der Waals surface area contributed by atoms with Crippen molar-refractivity contribution in [2.75, 3.05) is 18.8 Å². The number of benzene rings is 2. The van der Waals surface area contributed by atoms with Crippen LogP contribution >= 0.6 is 11.8 Å². The molecule has 158 valence electrons. The number of thioether (sulfide) groups is 1. The molecule has 6 nitrogen and oxygen atoms in total. The van der Waals surface area contributed by atoms with Crippen molar-refractivity contribution in [3.8, 4) is 0 Å². The molecule has 0 radical (unpaired) electrons. The Labute approximate surface area is 181 Å². The molecule has 1 saturated heterocycles. The lowest BCUT2D eigenvalue weighted by Gasteiger charge is -2.17. The van der Waals surface area contributed by atoms with Gasteiger partial charge in [-0.1, -0.05) is 42.5 Å². The van der Waals surface area contributed by atoms with Gasteiger partial charge in [0.1, 0.15) is 6.04 Å². The third kappa shape index (κ3) is 6.10. The molecule has 1 unspecified atom stereocenters. The quantitative estimate of drug-likeness (QED) is 0.638. The molecule has 1 aliphatic heterocycles. The average Bonchev–Trinajstić information content (AvgIpc) is 3.31. The van der Waals surface area contributed by atoms with E-state index in [-0.39, 0.29) is 17.7 Å². The van der Waals surface area contributed by atoms with E-state index in [0.29, 0.717) is 17.9 Å². The number of carbonyl (C=O) groups excluding carboxylic acids is 3. The van der Waals surface area contributed by atoms with Crippen molar-refractivity contribution in [1.29, 1.82) is 0 Å². The summed E-state index contributed by atoms with van der Waals surface area (Å²) in [4.78, 5) is 40.0. The lowest BCUT2D eigenvalue weighted by molar-refractivity contribution is -0.127. The highest BCUT2D eigenvalue weighted by Crippen LogP contribution is 2.24. The Balaban J connectivity index is 1.54. The number of likely N-dealkylation sites (tertiary alicyclic amines) is 1. The first-order chi connectivity index (χ1) is 14.5. The molecule has 2 aromatic carbocycles. The lowest BCUT2D eigenvalue weighted by Crippen LogP contribution is -2.44. The molecule has 0 spiro atoms. The molecule has 1 heterocycles. The molecule has 0 aliphatic carbocycles. The van der Waals surface area contributed by atoms with Gasteiger partial charge in [0.25, 0.3) is 5.91 Å². The van der Waals surface area contributed by atoms with Crippen molar-refractivity contribution >= 4 is 29.5 Å². The van der Waals surface area contributed by atoms with Crippen molar-refractivity contribution in [2.24, 2.45) is 0 Å². The molecular weight excluding hydrogens is 398 g/mol. The summed E-state index contributed by atoms with van der Waals surface area (Å²) in [7, 11) is 0. The Kier molecular flexibility index (Phi) is 7.90. The summed E-state index contributed by atoms with van der Waals surface area (Å²) in [6.45, 7) is 3.70. The maximum absolute atomic E-state index is 12.8. The summed E-state index contributed by atoms with van der Waals surface area (Å²) < 4.78 is 0. The summed E-state index contributed by atoms with van der Waals surface area (Å²) in [6, 6.07) is 16.1. The monoisotopic (exact) mass is 425 g/mol. The highest BCUT2D eigenvalue weighted by Gasteiger charge is 2.21. The van der Waals surface area contributed by atoms with E-state index < -0.39 is 6.04 Å². The van der Waals surface area contributed by atoms with Crippen LogP contribution in [0.15, 0.2) is 59.5 Å². The second kappa shape index (κ2) is 10.8. The summed E-state index contributed by atoms with van der Waals surface area (Å²) in [5.74, 6) is -0.172. The SMILES string of the molecule is CC(NC(=O)c1ccccc1SCC(=O)N1CCCC1)C(=O)NCc1ccccc1. The van der Waals surface area contributed by atoms with Crippen LogP contribution < -0.4 is 10.6 Å². The molecule has 30 heavy (non-hydrogen) atoms. The fraction of sp³-hybridized carbons (Fsp3) is 0.348. The molecule has 0 bridgehead atoms. The zero-order valence-corrected chi connectivity index (χ0v) is 17.9. The Hall–Kier alpha value is -2.80. The number of amides is 3. The van der Waals surface area contributed by atoms with Crippen LogP contribution in [0.3, 0.4) is 0 Å². The van der Waals surface area contributed by atoms with Gasteiger partial charge < -0.3 is 15.5 Å². The number of carbonyl (C=O) groups is 3. The van der Waals surface area contributed by atoms with E-state index in [9.17, 15) is 14.4 Å². The van der Waals surface area contributed by atoms with Gasteiger partial charge in [0.2, 0.25) is 11.8 Å². The van der Waals surface area contributed by atoms with E-state index in [2.05, 4.69) is 10.6 Å². The summed E-state index contributed by atoms with van der Waals surface area (Å²) in [5, 5.41) is 5.59. The topological polar surface area (TPSA) is 78.5 Å². The second-order valence-electron chi connectivity index (χ2n) is 7.27. The maximum Gasteiger partial charge on any atom is 0.253 e. The van der Waals surface area contributed by atoms with Gasteiger partial charge in [-0.15, -0.1) is 11.8 Å². The summed E-state index contributed by atoms with van der Waals surface area (Å²) in [6.07, 6.45) is 2.11. The van der Waals surface area contributed by atoms with Gasteiger partial charge in [0, 0.05) is 24.5 Å². The van der Waals surface area contributed by atoms with Crippen LogP contribution in [0.2, 0.25) is 0 Å². The molecular formula is C23H27N3O3S. The smallest absolute Gasteiger partial charge is 0.253 e. The number of nitrogens with zero attached hydrogens (tertiary/aromatic N) is 1. The normalized spacial score (nSPS) is 14.2. The van der Waals surface area contributed by atoms with E-state index >= 15 is 0 Å². The van der Waals surface area contributed by atoms with Crippen LogP contribution in [0.4, 0.5) is 0 Å². The van der Waals surface area contributed by atoms with Crippen LogP contribution in [-0.4, -0.2) is 47.5 Å². The Morgan fingerprint density at radius 2 is 1.67 bits per heavy atom. The van der Waals surface area contributed by atoms with Gasteiger partial charge in [-0.3, -0.25) is 14.4 Å². The summed E-state index contributed by atoms with van der Waals surface area (Å²) in [5.41, 5.74) is 1.47. The molecule has 2 aromatic rings. The molecule has 3 amide bonds. The number of hydrogen-bond acceptors (Lipinski definition) is 4. The van der Waals surface area contributed by atoms with Gasteiger partial charge in [-0.25, -0.2) is 0 Å². The largest absolute Gasteiger partial charge is 0.350 e. The van der Waals surface area contributed by atoms with Crippen molar-refractivity contribution < 1.29 is 14.4 Å². The molecule has 1 aliphatic rings. The highest BCUT2D eigenvalue weighted by molar-refractivity contribution is 8.00. The molecule has 3 rings (SSSR count). The van der Waals surface area contributed by atoms with Gasteiger partial charge in [-0.05, 0) is 37.5 Å². The molecule has 1 atom stereocenters. The van der Waals surface area contributed by atoms with Crippen molar-refractivity contribution in [3.05, 3.63) is 65.7 Å². The average molecular weight is 426 g/mol. The zero-order valence-electron chi connectivity index (χ0n) is 17.1. The van der Waals surface area contributed by atoms with E-state index in [1.807, 2.05) is 47.4 Å². The Morgan fingerprint density at radius 3 is 2.40 bits per heavy atom. The maximum atomic E-state index is 12.8. The van der Waals surface area contributed by atoms with Crippen LogP contribution in [0.1, 0.15) is 35.7 Å². The van der Waals surface area contributed by atoms with Crippen LogP contribution in [0.5, 0.6) is 0 Å². The minimum absolute atomic E-state index is 0.0985. The van der Waals surface area contributed by atoms with Gasteiger partial charge >= 0.3 is 0 Å². The zero-order chi connectivity index (χ0) is 21.3. The van der Waals surface area contributed by atoms with E-state index in [4.69, 9.17) is 0 Å². The Bertz CT molecular complexity index is 882. The number of nitrogens with one attached hydrogen (secondary N) is 2. The first-order valence-corrected chi connectivity index (χ1v) is 11.2. The molecule has 2 N–H and O–H groups in total.